The Balaban J connectivity index is 2.04. The zero-order valence-electron chi connectivity index (χ0n) is 9.91. The molecule has 2 aromatic carbocycles. The van der Waals surface area contributed by atoms with Crippen LogP contribution in [0.5, 0.6) is 0 Å². The average Bonchev–Trinajstić information content (AvgIpc) is 2.38. The maximum atomic E-state index is 5.89. The number of rotatable bonds is 4. The summed E-state index contributed by atoms with van der Waals surface area (Å²) < 4.78 is 0. The van der Waals surface area contributed by atoms with Crippen molar-refractivity contribution in [1.82, 2.24) is 0 Å². The fraction of sp³-hybridized carbons (Fsp3) is 0.200. The summed E-state index contributed by atoms with van der Waals surface area (Å²) in [6.07, 6.45) is 0. The monoisotopic (exact) mass is 245 g/mol. The molecule has 0 saturated carbocycles. The summed E-state index contributed by atoms with van der Waals surface area (Å²) in [5.41, 5.74) is 4.82. The lowest BCUT2D eigenvalue weighted by Gasteiger charge is -2.10. The summed E-state index contributed by atoms with van der Waals surface area (Å²) in [4.78, 5) is 0. The summed E-state index contributed by atoms with van der Waals surface area (Å²) >= 11 is 5.89. The van der Waals surface area contributed by atoms with Crippen LogP contribution in [0.15, 0.2) is 48.5 Å². The normalized spacial score (nSPS) is 10.2. The first kappa shape index (κ1) is 12.0. The van der Waals surface area contributed by atoms with E-state index in [0.29, 0.717) is 5.88 Å². The Kier molecular flexibility index (Phi) is 4.05. The van der Waals surface area contributed by atoms with Crippen LogP contribution in [-0.4, -0.2) is 0 Å². The van der Waals surface area contributed by atoms with Crippen molar-refractivity contribution >= 4 is 17.3 Å². The molecule has 0 aliphatic heterocycles. The van der Waals surface area contributed by atoms with Gasteiger partial charge >= 0.3 is 0 Å². The first-order valence-electron chi connectivity index (χ1n) is 5.73. The zero-order valence-corrected chi connectivity index (χ0v) is 10.7. The molecule has 17 heavy (non-hydrogen) atoms. The van der Waals surface area contributed by atoms with E-state index < -0.39 is 0 Å². The van der Waals surface area contributed by atoms with Crippen LogP contribution in [0, 0.1) is 6.92 Å². The summed E-state index contributed by atoms with van der Waals surface area (Å²) in [5, 5.41) is 3.42. The minimum Gasteiger partial charge on any atom is -0.381 e. The smallest absolute Gasteiger partial charge is 0.0494 e. The highest BCUT2D eigenvalue weighted by atomic mass is 35.5. The molecule has 0 spiro atoms. The third-order valence-electron chi connectivity index (χ3n) is 2.76. The second-order valence-corrected chi connectivity index (χ2v) is 4.40. The molecule has 0 aromatic heterocycles. The number of benzene rings is 2. The van der Waals surface area contributed by atoms with Gasteiger partial charge in [0, 0.05) is 18.1 Å². The van der Waals surface area contributed by atoms with Crippen LogP contribution >= 0.6 is 11.6 Å². The van der Waals surface area contributed by atoms with Gasteiger partial charge in [-0.1, -0.05) is 48.0 Å². The lowest BCUT2D eigenvalue weighted by molar-refractivity contribution is 1.13. The fourth-order valence-electron chi connectivity index (χ4n) is 1.71. The molecule has 2 heteroatoms. The maximum absolute atomic E-state index is 5.89. The first-order chi connectivity index (χ1) is 8.29. The van der Waals surface area contributed by atoms with Crippen molar-refractivity contribution < 1.29 is 0 Å². The molecule has 0 aliphatic rings. The lowest BCUT2D eigenvalue weighted by atomic mass is 10.1. The second-order valence-electron chi connectivity index (χ2n) is 4.13. The van der Waals surface area contributed by atoms with Gasteiger partial charge in [0.05, 0.1) is 0 Å². The van der Waals surface area contributed by atoms with E-state index in [1.807, 2.05) is 18.2 Å². The van der Waals surface area contributed by atoms with Gasteiger partial charge in [-0.15, -0.1) is 11.6 Å². The number of anilines is 1. The number of hydrogen-bond donors (Lipinski definition) is 1. The SMILES string of the molecule is Cc1ccc(CNc2ccccc2CCl)cc1. The standard InChI is InChI=1S/C15H16ClN/c1-12-6-8-13(9-7-12)11-17-15-5-3-2-4-14(15)10-16/h2-9,17H,10-11H2,1H3. The highest BCUT2D eigenvalue weighted by Crippen LogP contribution is 2.18. The van der Waals surface area contributed by atoms with Crippen molar-refractivity contribution in [2.24, 2.45) is 0 Å². The molecule has 2 aromatic rings. The molecule has 0 radical (unpaired) electrons. The van der Waals surface area contributed by atoms with Gasteiger partial charge in [0.2, 0.25) is 0 Å². The molecule has 1 nitrogen and oxygen atoms in total. The molecule has 0 saturated heterocycles. The summed E-state index contributed by atoms with van der Waals surface area (Å²) in [7, 11) is 0. The van der Waals surface area contributed by atoms with Crippen molar-refractivity contribution in [2.45, 2.75) is 19.3 Å². The van der Waals surface area contributed by atoms with E-state index in [1.54, 1.807) is 0 Å². The molecule has 88 valence electrons. The number of nitrogens with one attached hydrogen (secondary N) is 1. The Hall–Kier alpha value is -1.47. The van der Waals surface area contributed by atoms with E-state index >= 15 is 0 Å². The Morgan fingerprint density at radius 1 is 1.00 bits per heavy atom. The maximum Gasteiger partial charge on any atom is 0.0494 e. The molecular formula is C15H16ClN. The van der Waals surface area contributed by atoms with Gasteiger partial charge in [-0.2, -0.15) is 0 Å². The Morgan fingerprint density at radius 3 is 2.41 bits per heavy atom. The predicted molar refractivity (Wildman–Crippen MR) is 74.5 cm³/mol. The number of para-hydroxylation sites is 1. The predicted octanol–water partition coefficient (Wildman–Crippen LogP) is 4.35. The molecule has 0 atom stereocenters. The second kappa shape index (κ2) is 5.74. The van der Waals surface area contributed by atoms with Crippen molar-refractivity contribution in [2.75, 3.05) is 5.32 Å². The van der Waals surface area contributed by atoms with Gasteiger partial charge in [0.15, 0.2) is 0 Å². The Morgan fingerprint density at radius 2 is 1.71 bits per heavy atom. The van der Waals surface area contributed by atoms with Crippen LogP contribution in [0.25, 0.3) is 0 Å². The number of hydrogen-bond acceptors (Lipinski definition) is 1. The van der Waals surface area contributed by atoms with E-state index in [1.165, 1.54) is 11.1 Å². The summed E-state index contributed by atoms with van der Waals surface area (Å²) in [6, 6.07) is 16.7. The fourth-order valence-corrected chi connectivity index (χ4v) is 1.95. The number of alkyl halides is 1. The average molecular weight is 246 g/mol. The third kappa shape index (κ3) is 3.24. The molecule has 0 heterocycles. The number of halogens is 1. The van der Waals surface area contributed by atoms with Crippen LogP contribution in [0.2, 0.25) is 0 Å². The Labute approximate surface area is 107 Å². The van der Waals surface area contributed by atoms with Crippen LogP contribution in [0.3, 0.4) is 0 Å². The lowest BCUT2D eigenvalue weighted by Crippen LogP contribution is -2.01. The van der Waals surface area contributed by atoms with E-state index in [2.05, 4.69) is 42.6 Å². The van der Waals surface area contributed by atoms with Gasteiger partial charge in [0.1, 0.15) is 0 Å². The zero-order chi connectivity index (χ0) is 12.1. The summed E-state index contributed by atoms with van der Waals surface area (Å²) in [5.74, 6) is 0.539. The van der Waals surface area contributed by atoms with Crippen molar-refractivity contribution in [3.63, 3.8) is 0 Å². The van der Waals surface area contributed by atoms with Crippen LogP contribution in [0.4, 0.5) is 5.69 Å². The van der Waals surface area contributed by atoms with E-state index in [0.717, 1.165) is 17.8 Å². The molecule has 0 bridgehead atoms. The van der Waals surface area contributed by atoms with Crippen molar-refractivity contribution in [3.8, 4) is 0 Å². The topological polar surface area (TPSA) is 12.0 Å². The molecule has 0 fully saturated rings. The molecule has 0 aliphatic carbocycles. The molecule has 0 unspecified atom stereocenters. The quantitative estimate of drug-likeness (QED) is 0.790. The molecule has 0 amide bonds. The highest BCUT2D eigenvalue weighted by molar-refractivity contribution is 6.17. The van der Waals surface area contributed by atoms with Crippen LogP contribution < -0.4 is 5.32 Å². The van der Waals surface area contributed by atoms with E-state index in [9.17, 15) is 0 Å². The van der Waals surface area contributed by atoms with Crippen molar-refractivity contribution in [3.05, 3.63) is 65.2 Å². The minimum atomic E-state index is 0.539. The van der Waals surface area contributed by atoms with Crippen LogP contribution in [-0.2, 0) is 12.4 Å². The van der Waals surface area contributed by atoms with E-state index in [-0.39, 0.29) is 0 Å². The van der Waals surface area contributed by atoms with Crippen LogP contribution in [0.1, 0.15) is 16.7 Å². The third-order valence-corrected chi connectivity index (χ3v) is 3.05. The number of aryl methyl sites for hydroxylation is 1. The van der Waals surface area contributed by atoms with Gasteiger partial charge in [-0.3, -0.25) is 0 Å². The highest BCUT2D eigenvalue weighted by Gasteiger charge is 1.99. The molecule has 2 rings (SSSR count). The van der Waals surface area contributed by atoms with Gasteiger partial charge in [-0.05, 0) is 24.1 Å². The van der Waals surface area contributed by atoms with Gasteiger partial charge < -0.3 is 5.32 Å². The molecule has 1 N–H and O–H groups in total. The summed E-state index contributed by atoms with van der Waals surface area (Å²) in [6.45, 7) is 2.92. The Bertz CT molecular complexity index is 477. The first-order valence-corrected chi connectivity index (χ1v) is 6.26. The van der Waals surface area contributed by atoms with Crippen molar-refractivity contribution in [1.29, 1.82) is 0 Å². The minimum absolute atomic E-state index is 0.539. The van der Waals surface area contributed by atoms with E-state index in [4.69, 9.17) is 11.6 Å². The van der Waals surface area contributed by atoms with Gasteiger partial charge in [0.25, 0.3) is 0 Å². The van der Waals surface area contributed by atoms with Gasteiger partial charge in [-0.25, -0.2) is 0 Å². The molecular weight excluding hydrogens is 230 g/mol. The largest absolute Gasteiger partial charge is 0.381 e.